The Kier molecular flexibility index (Phi) is 6.98. The van der Waals surface area contributed by atoms with Crippen LogP contribution < -0.4 is 15.8 Å². The lowest BCUT2D eigenvalue weighted by Crippen LogP contribution is -2.26. The van der Waals surface area contributed by atoms with E-state index in [4.69, 9.17) is 5.73 Å². The van der Waals surface area contributed by atoms with Gasteiger partial charge in [-0.2, -0.15) is 0 Å². The van der Waals surface area contributed by atoms with E-state index in [1.54, 1.807) is 18.2 Å². The van der Waals surface area contributed by atoms with Crippen LogP contribution in [0.4, 0.5) is 5.69 Å². The number of para-hydroxylation sites is 1. The van der Waals surface area contributed by atoms with Crippen molar-refractivity contribution < 1.29 is 8.42 Å². The summed E-state index contributed by atoms with van der Waals surface area (Å²) in [5.74, 6) is 0.402. The van der Waals surface area contributed by atoms with Gasteiger partial charge in [0.1, 0.15) is 4.90 Å². The molecular weight excluding hydrogens is 274 g/mol. The maximum atomic E-state index is 12.2. The summed E-state index contributed by atoms with van der Waals surface area (Å²) in [7, 11) is -3.45. The Labute approximate surface area is 122 Å². The third-order valence-electron chi connectivity index (χ3n) is 3.02. The topological polar surface area (TPSA) is 84.2 Å². The van der Waals surface area contributed by atoms with Gasteiger partial charge in [-0.1, -0.05) is 26.0 Å². The number of nitrogens with one attached hydrogen (secondary N) is 2. The zero-order valence-electron chi connectivity index (χ0n) is 12.2. The van der Waals surface area contributed by atoms with Gasteiger partial charge in [0.25, 0.3) is 0 Å². The average Bonchev–Trinajstić information content (AvgIpc) is 2.43. The number of sulfonamides is 1. The second-order valence-electron chi connectivity index (χ2n) is 4.96. The lowest BCUT2D eigenvalue weighted by Gasteiger charge is -2.16. The third-order valence-corrected chi connectivity index (χ3v) is 4.54. The van der Waals surface area contributed by atoms with E-state index < -0.39 is 10.0 Å². The van der Waals surface area contributed by atoms with Crippen LogP contribution in [0.1, 0.15) is 26.7 Å². The summed E-state index contributed by atoms with van der Waals surface area (Å²) in [5.41, 5.74) is 6.16. The van der Waals surface area contributed by atoms with Crippen LogP contribution in [0.5, 0.6) is 0 Å². The van der Waals surface area contributed by atoms with Crippen LogP contribution in [-0.4, -0.2) is 28.1 Å². The molecule has 0 saturated carbocycles. The van der Waals surface area contributed by atoms with Gasteiger partial charge in [-0.15, -0.1) is 0 Å². The van der Waals surface area contributed by atoms with Crippen LogP contribution in [0.3, 0.4) is 0 Å². The smallest absolute Gasteiger partial charge is 0.242 e. The fourth-order valence-corrected chi connectivity index (χ4v) is 3.15. The van der Waals surface area contributed by atoms with Crippen molar-refractivity contribution in [3.63, 3.8) is 0 Å². The monoisotopic (exact) mass is 299 g/mol. The summed E-state index contributed by atoms with van der Waals surface area (Å²) in [5, 5.41) is 3.21. The third kappa shape index (κ3) is 5.11. The molecule has 5 nitrogen and oxygen atoms in total. The lowest BCUT2D eigenvalue weighted by molar-refractivity contribution is 0.566. The first kappa shape index (κ1) is 16.9. The van der Waals surface area contributed by atoms with Gasteiger partial charge >= 0.3 is 0 Å². The number of anilines is 1. The molecule has 0 radical (unpaired) electrons. The van der Waals surface area contributed by atoms with Crippen molar-refractivity contribution in [3.8, 4) is 0 Å². The molecule has 4 N–H and O–H groups in total. The molecule has 0 aliphatic heterocycles. The van der Waals surface area contributed by atoms with Crippen molar-refractivity contribution in [1.82, 2.24) is 4.72 Å². The Morgan fingerprint density at radius 2 is 2.00 bits per heavy atom. The average molecular weight is 299 g/mol. The number of hydrogen-bond acceptors (Lipinski definition) is 4. The molecule has 0 aromatic heterocycles. The Hall–Kier alpha value is -1.11. The number of benzene rings is 1. The van der Waals surface area contributed by atoms with E-state index in [0.717, 1.165) is 12.8 Å². The highest BCUT2D eigenvalue weighted by Gasteiger charge is 2.17. The van der Waals surface area contributed by atoms with E-state index in [1.807, 2.05) is 13.0 Å². The number of hydrogen-bond donors (Lipinski definition) is 3. The van der Waals surface area contributed by atoms with E-state index in [1.165, 1.54) is 0 Å². The summed E-state index contributed by atoms with van der Waals surface area (Å²) in [6, 6.07) is 6.97. The quantitative estimate of drug-likeness (QED) is 0.649. The first-order chi connectivity index (χ1) is 9.51. The van der Waals surface area contributed by atoms with Crippen molar-refractivity contribution in [2.75, 3.05) is 25.0 Å². The van der Waals surface area contributed by atoms with Gasteiger partial charge in [0.05, 0.1) is 5.69 Å². The minimum Gasteiger partial charge on any atom is -0.384 e. The highest BCUT2D eigenvalue weighted by molar-refractivity contribution is 7.89. The Morgan fingerprint density at radius 1 is 1.30 bits per heavy atom. The van der Waals surface area contributed by atoms with Gasteiger partial charge < -0.3 is 11.1 Å². The van der Waals surface area contributed by atoms with E-state index >= 15 is 0 Å². The second kappa shape index (κ2) is 8.24. The van der Waals surface area contributed by atoms with Gasteiger partial charge in [0, 0.05) is 13.1 Å². The molecule has 114 valence electrons. The van der Waals surface area contributed by atoms with Crippen LogP contribution in [0.2, 0.25) is 0 Å². The van der Waals surface area contributed by atoms with Gasteiger partial charge in [-0.05, 0) is 37.4 Å². The zero-order chi connectivity index (χ0) is 15.0. The molecule has 0 saturated heterocycles. The van der Waals surface area contributed by atoms with Gasteiger partial charge in [-0.25, -0.2) is 13.1 Å². The van der Waals surface area contributed by atoms with Crippen LogP contribution in [0, 0.1) is 5.92 Å². The lowest BCUT2D eigenvalue weighted by atomic mass is 10.1. The first-order valence-corrected chi connectivity index (χ1v) is 8.52. The Bertz CT molecular complexity index is 503. The second-order valence-corrected chi connectivity index (χ2v) is 6.69. The molecule has 0 aliphatic rings. The molecule has 1 aromatic rings. The molecule has 0 amide bonds. The predicted octanol–water partition coefficient (Wildman–Crippen LogP) is 1.77. The molecule has 1 rings (SSSR count). The number of nitrogens with two attached hydrogens (primary N) is 1. The highest BCUT2D eigenvalue weighted by Crippen LogP contribution is 2.21. The van der Waals surface area contributed by atoms with Crippen molar-refractivity contribution in [1.29, 1.82) is 0 Å². The fourth-order valence-electron chi connectivity index (χ4n) is 1.83. The zero-order valence-corrected chi connectivity index (χ0v) is 13.0. The number of rotatable bonds is 9. The summed E-state index contributed by atoms with van der Waals surface area (Å²) in [6.45, 7) is 5.81. The molecule has 0 spiro atoms. The van der Waals surface area contributed by atoms with Crippen LogP contribution >= 0.6 is 0 Å². The normalized spacial score (nSPS) is 13.2. The summed E-state index contributed by atoms with van der Waals surface area (Å²) in [4.78, 5) is 0.299. The summed E-state index contributed by atoms with van der Waals surface area (Å²) in [6.07, 6.45) is 1.68. The van der Waals surface area contributed by atoms with Crippen LogP contribution in [-0.2, 0) is 10.0 Å². The predicted molar refractivity (Wildman–Crippen MR) is 83.2 cm³/mol. The summed E-state index contributed by atoms with van der Waals surface area (Å²) >= 11 is 0. The van der Waals surface area contributed by atoms with E-state index in [0.29, 0.717) is 36.1 Å². The maximum absolute atomic E-state index is 12.2. The minimum atomic E-state index is -3.45. The SMILES string of the molecule is CCCNS(=O)(=O)c1ccccc1NCC(C)CCN. The van der Waals surface area contributed by atoms with Crippen molar-refractivity contribution >= 4 is 15.7 Å². The van der Waals surface area contributed by atoms with Crippen LogP contribution in [0.15, 0.2) is 29.2 Å². The molecule has 6 heteroatoms. The largest absolute Gasteiger partial charge is 0.384 e. The molecule has 1 aromatic carbocycles. The first-order valence-electron chi connectivity index (χ1n) is 7.04. The van der Waals surface area contributed by atoms with E-state index in [-0.39, 0.29) is 0 Å². The van der Waals surface area contributed by atoms with Crippen LogP contribution in [0.25, 0.3) is 0 Å². The van der Waals surface area contributed by atoms with E-state index in [2.05, 4.69) is 17.0 Å². The molecule has 1 atom stereocenters. The molecule has 20 heavy (non-hydrogen) atoms. The molecule has 0 aliphatic carbocycles. The Balaban J connectivity index is 2.83. The van der Waals surface area contributed by atoms with Crippen molar-refractivity contribution in [2.24, 2.45) is 11.7 Å². The molecular formula is C14H25N3O2S. The molecule has 1 unspecified atom stereocenters. The molecule has 0 heterocycles. The summed E-state index contributed by atoms with van der Waals surface area (Å²) < 4.78 is 27.0. The fraction of sp³-hybridized carbons (Fsp3) is 0.571. The van der Waals surface area contributed by atoms with Gasteiger partial charge in [0.15, 0.2) is 0 Å². The standard InChI is InChI=1S/C14H25N3O2S/c1-3-10-17-20(18,19)14-7-5-4-6-13(14)16-11-12(2)8-9-15/h4-7,12,16-17H,3,8-11,15H2,1-2H3. The van der Waals surface area contributed by atoms with E-state index in [9.17, 15) is 8.42 Å². The maximum Gasteiger partial charge on any atom is 0.242 e. The van der Waals surface area contributed by atoms with Crippen molar-refractivity contribution in [2.45, 2.75) is 31.6 Å². The molecule has 0 fully saturated rings. The molecule has 0 bridgehead atoms. The highest BCUT2D eigenvalue weighted by atomic mass is 32.2. The van der Waals surface area contributed by atoms with Gasteiger partial charge in [0.2, 0.25) is 10.0 Å². The van der Waals surface area contributed by atoms with Crippen molar-refractivity contribution in [3.05, 3.63) is 24.3 Å². The Morgan fingerprint density at radius 3 is 2.65 bits per heavy atom. The van der Waals surface area contributed by atoms with Gasteiger partial charge in [-0.3, -0.25) is 0 Å². The minimum absolute atomic E-state index is 0.299.